The monoisotopic (exact) mass is 341 g/mol. The van der Waals surface area contributed by atoms with E-state index in [1.807, 2.05) is 24.3 Å². The molecule has 1 aromatic heterocycles. The second kappa shape index (κ2) is 7.09. The van der Waals surface area contributed by atoms with E-state index >= 15 is 0 Å². The first-order valence-corrected chi connectivity index (χ1v) is 8.48. The predicted octanol–water partition coefficient (Wildman–Crippen LogP) is 2.33. The van der Waals surface area contributed by atoms with Crippen LogP contribution in [0.2, 0.25) is 0 Å². The molecule has 0 spiro atoms. The van der Waals surface area contributed by atoms with Gasteiger partial charge in [0.15, 0.2) is 0 Å². The van der Waals surface area contributed by atoms with Gasteiger partial charge in [-0.15, -0.1) is 0 Å². The first-order chi connectivity index (χ1) is 12.0. The van der Waals surface area contributed by atoms with Crippen molar-refractivity contribution in [2.45, 2.75) is 25.3 Å². The molecule has 2 amide bonds. The lowest BCUT2D eigenvalue weighted by molar-refractivity contribution is -0.133. The Kier molecular flexibility index (Phi) is 4.88. The highest BCUT2D eigenvalue weighted by molar-refractivity contribution is 6.03. The fraction of sp³-hybridized carbons (Fsp3) is 0.421. The molecule has 2 aromatic rings. The molecule has 1 atom stereocenters. The maximum atomic E-state index is 13.1. The fourth-order valence-corrected chi connectivity index (χ4v) is 3.35. The van der Waals surface area contributed by atoms with Gasteiger partial charge >= 0.3 is 0 Å². The van der Waals surface area contributed by atoms with Crippen molar-refractivity contribution in [3.63, 3.8) is 0 Å². The van der Waals surface area contributed by atoms with Gasteiger partial charge in [0, 0.05) is 32.2 Å². The zero-order valence-electron chi connectivity index (χ0n) is 14.9. The van der Waals surface area contributed by atoms with Gasteiger partial charge in [-0.1, -0.05) is 12.1 Å². The van der Waals surface area contributed by atoms with Gasteiger partial charge in [0.1, 0.15) is 17.4 Å². The van der Waals surface area contributed by atoms with Crippen LogP contribution >= 0.6 is 0 Å². The number of amides is 2. The third-order valence-electron chi connectivity index (χ3n) is 4.83. The molecule has 3 rings (SSSR count). The maximum Gasteiger partial charge on any atom is 0.259 e. The third kappa shape index (κ3) is 3.16. The third-order valence-corrected chi connectivity index (χ3v) is 4.83. The number of pyridine rings is 1. The Hall–Kier alpha value is -2.63. The number of benzene rings is 1. The second-order valence-corrected chi connectivity index (χ2v) is 6.41. The van der Waals surface area contributed by atoms with Crippen LogP contribution in [0.4, 0.5) is 0 Å². The molecule has 1 aliphatic heterocycles. The number of likely N-dealkylation sites (tertiary alicyclic amines) is 1. The summed E-state index contributed by atoms with van der Waals surface area (Å²) in [4.78, 5) is 33.2. The molecular formula is C19H23N3O3. The Bertz CT molecular complexity index is 806. The first-order valence-electron chi connectivity index (χ1n) is 8.48. The summed E-state index contributed by atoms with van der Waals surface area (Å²) in [6.45, 7) is 0.734. The minimum atomic E-state index is -0.448. The fourth-order valence-electron chi connectivity index (χ4n) is 3.35. The molecule has 0 bridgehead atoms. The minimum Gasteiger partial charge on any atom is -0.495 e. The van der Waals surface area contributed by atoms with E-state index in [4.69, 9.17) is 4.74 Å². The first kappa shape index (κ1) is 17.2. The van der Waals surface area contributed by atoms with Crippen LogP contribution in [0.25, 0.3) is 10.9 Å². The number of hydrogen-bond acceptors (Lipinski definition) is 4. The van der Waals surface area contributed by atoms with Crippen molar-refractivity contribution in [2.24, 2.45) is 0 Å². The van der Waals surface area contributed by atoms with Gasteiger partial charge in [-0.2, -0.15) is 0 Å². The van der Waals surface area contributed by atoms with Gasteiger partial charge in [-0.05, 0) is 31.4 Å². The molecule has 0 aliphatic carbocycles. The molecule has 1 unspecified atom stereocenters. The summed E-state index contributed by atoms with van der Waals surface area (Å²) in [6.07, 6.45) is 4.09. The van der Waals surface area contributed by atoms with E-state index in [2.05, 4.69) is 4.98 Å². The predicted molar refractivity (Wildman–Crippen MR) is 95.7 cm³/mol. The molecule has 0 saturated carbocycles. The standard InChI is InChI=1S/C19H23N3O3/c1-21-11-7-6-10-16(19(21)24)22(2)18(23)14-12-20-15-9-5-4-8-13(15)17(14)25-3/h4-5,8-9,12,16H,6-7,10-11H2,1-3H3. The van der Waals surface area contributed by atoms with E-state index < -0.39 is 6.04 Å². The number of aromatic nitrogens is 1. The molecule has 1 aliphatic rings. The van der Waals surface area contributed by atoms with Crippen molar-refractivity contribution >= 4 is 22.7 Å². The normalized spacial score (nSPS) is 18.1. The summed E-state index contributed by atoms with van der Waals surface area (Å²) in [5, 5.41) is 0.786. The van der Waals surface area contributed by atoms with Crippen LogP contribution in [0.15, 0.2) is 30.5 Å². The second-order valence-electron chi connectivity index (χ2n) is 6.41. The number of para-hydroxylation sites is 1. The minimum absolute atomic E-state index is 0.0129. The average molecular weight is 341 g/mol. The molecule has 1 fully saturated rings. The van der Waals surface area contributed by atoms with E-state index in [0.717, 1.165) is 30.3 Å². The van der Waals surface area contributed by atoms with Gasteiger partial charge in [-0.25, -0.2) is 0 Å². The number of carbonyl (C=O) groups excluding carboxylic acids is 2. The van der Waals surface area contributed by atoms with Gasteiger partial charge in [0.05, 0.1) is 12.6 Å². The lowest BCUT2D eigenvalue weighted by atomic mass is 10.1. The molecule has 25 heavy (non-hydrogen) atoms. The zero-order valence-corrected chi connectivity index (χ0v) is 14.9. The summed E-state index contributed by atoms with van der Waals surface area (Å²) in [5.41, 5.74) is 1.15. The largest absolute Gasteiger partial charge is 0.495 e. The van der Waals surface area contributed by atoms with E-state index in [1.54, 1.807) is 26.1 Å². The van der Waals surface area contributed by atoms with Gasteiger partial charge in [0.2, 0.25) is 5.91 Å². The zero-order chi connectivity index (χ0) is 18.0. The molecule has 6 nitrogen and oxygen atoms in total. The Morgan fingerprint density at radius 2 is 2.08 bits per heavy atom. The highest BCUT2D eigenvalue weighted by atomic mass is 16.5. The molecule has 1 aromatic carbocycles. The quantitative estimate of drug-likeness (QED) is 0.859. The van der Waals surface area contributed by atoms with Crippen LogP contribution in [0.5, 0.6) is 5.75 Å². The highest BCUT2D eigenvalue weighted by Gasteiger charge is 2.32. The van der Waals surface area contributed by atoms with Crippen molar-refractivity contribution in [3.8, 4) is 5.75 Å². The lowest BCUT2D eigenvalue weighted by Gasteiger charge is -2.29. The number of methoxy groups -OCH3 is 1. The summed E-state index contributed by atoms with van der Waals surface area (Å²) in [6, 6.07) is 7.08. The molecule has 0 N–H and O–H groups in total. The molecule has 132 valence electrons. The number of hydrogen-bond donors (Lipinski definition) is 0. The van der Waals surface area contributed by atoms with Crippen LogP contribution in [-0.4, -0.2) is 60.4 Å². The lowest BCUT2D eigenvalue weighted by Crippen LogP contribution is -2.47. The number of carbonyl (C=O) groups is 2. The molecule has 0 radical (unpaired) electrons. The smallest absolute Gasteiger partial charge is 0.259 e. The van der Waals surface area contributed by atoms with Crippen molar-refractivity contribution in [1.82, 2.24) is 14.8 Å². The number of rotatable bonds is 3. The molecular weight excluding hydrogens is 318 g/mol. The summed E-state index contributed by atoms with van der Waals surface area (Å²) in [7, 11) is 5.01. The van der Waals surface area contributed by atoms with Crippen LogP contribution < -0.4 is 4.74 Å². The van der Waals surface area contributed by atoms with E-state index in [-0.39, 0.29) is 11.8 Å². The topological polar surface area (TPSA) is 62.7 Å². The van der Waals surface area contributed by atoms with Crippen molar-refractivity contribution in [3.05, 3.63) is 36.0 Å². The van der Waals surface area contributed by atoms with Gasteiger partial charge < -0.3 is 14.5 Å². The SMILES string of the molecule is COc1c(C(=O)N(C)C2CCCCN(C)C2=O)cnc2ccccc12. The number of likely N-dealkylation sites (N-methyl/N-ethyl adjacent to an activating group) is 2. The average Bonchev–Trinajstić information content (AvgIpc) is 2.81. The Morgan fingerprint density at radius 3 is 2.84 bits per heavy atom. The Morgan fingerprint density at radius 1 is 1.32 bits per heavy atom. The summed E-state index contributed by atoms with van der Waals surface area (Å²) in [5.74, 6) is 0.238. The van der Waals surface area contributed by atoms with Crippen LogP contribution in [0.3, 0.4) is 0 Å². The van der Waals surface area contributed by atoms with E-state index in [0.29, 0.717) is 17.7 Å². The number of ether oxygens (including phenoxy) is 1. The van der Waals surface area contributed by atoms with Crippen LogP contribution in [-0.2, 0) is 4.79 Å². The maximum absolute atomic E-state index is 13.1. The Balaban J connectivity index is 1.97. The Labute approximate surface area is 147 Å². The van der Waals surface area contributed by atoms with Gasteiger partial charge in [-0.3, -0.25) is 14.6 Å². The summed E-state index contributed by atoms with van der Waals surface area (Å²) < 4.78 is 5.51. The summed E-state index contributed by atoms with van der Waals surface area (Å²) >= 11 is 0. The highest BCUT2D eigenvalue weighted by Crippen LogP contribution is 2.29. The molecule has 2 heterocycles. The van der Waals surface area contributed by atoms with Gasteiger partial charge in [0.25, 0.3) is 5.91 Å². The molecule has 1 saturated heterocycles. The van der Waals surface area contributed by atoms with Crippen molar-refractivity contribution < 1.29 is 14.3 Å². The molecule has 6 heteroatoms. The van der Waals surface area contributed by atoms with Crippen LogP contribution in [0.1, 0.15) is 29.6 Å². The van der Waals surface area contributed by atoms with Crippen molar-refractivity contribution in [1.29, 1.82) is 0 Å². The van der Waals surface area contributed by atoms with Crippen molar-refractivity contribution in [2.75, 3.05) is 27.7 Å². The van der Waals surface area contributed by atoms with Crippen LogP contribution in [0, 0.1) is 0 Å². The number of nitrogens with zero attached hydrogens (tertiary/aromatic N) is 3. The van der Waals surface area contributed by atoms with E-state index in [1.165, 1.54) is 11.1 Å². The van der Waals surface area contributed by atoms with E-state index in [9.17, 15) is 9.59 Å². The number of fused-ring (bicyclic) bond motifs is 1.